The molecule has 4 heteroatoms. The van der Waals surface area contributed by atoms with Gasteiger partial charge in [0.15, 0.2) is 5.78 Å². The van der Waals surface area contributed by atoms with Crippen LogP contribution in [-0.4, -0.2) is 15.6 Å². The lowest BCUT2D eigenvalue weighted by atomic mass is 10.1. The van der Waals surface area contributed by atoms with E-state index in [0.29, 0.717) is 16.2 Å². The number of hydrogen-bond acceptors (Lipinski definition) is 2. The summed E-state index contributed by atoms with van der Waals surface area (Å²) in [7, 11) is 1.76. The van der Waals surface area contributed by atoms with Crippen LogP contribution in [-0.2, 0) is 7.05 Å². The summed E-state index contributed by atoms with van der Waals surface area (Å²) >= 11 is 6.01. The fourth-order valence-corrected chi connectivity index (χ4v) is 1.66. The smallest absolute Gasteiger partial charge is 0.162 e. The predicted octanol–water partition coefficient (Wildman–Crippen LogP) is 2.43. The Balaban J connectivity index is 2.88. The molecular weight excluding hydrogens is 200 g/mol. The first-order valence-electron chi connectivity index (χ1n) is 4.23. The molecule has 0 saturated heterocycles. The number of halogens is 1. The van der Waals surface area contributed by atoms with Crippen molar-refractivity contribution in [1.29, 1.82) is 0 Å². The van der Waals surface area contributed by atoms with Gasteiger partial charge < -0.3 is 0 Å². The van der Waals surface area contributed by atoms with Gasteiger partial charge >= 0.3 is 0 Å². The molecule has 0 saturated carbocycles. The van der Waals surface area contributed by atoms with E-state index in [0.717, 1.165) is 5.39 Å². The monoisotopic (exact) mass is 208 g/mol. The van der Waals surface area contributed by atoms with Gasteiger partial charge in [-0.1, -0.05) is 17.7 Å². The van der Waals surface area contributed by atoms with Crippen LogP contribution >= 0.6 is 11.6 Å². The number of Topliss-reactive ketones (excluding diaryl/α,β-unsaturated/α-hetero) is 1. The van der Waals surface area contributed by atoms with Gasteiger partial charge in [0.25, 0.3) is 0 Å². The molecule has 0 amide bonds. The molecule has 0 aliphatic heterocycles. The van der Waals surface area contributed by atoms with Crippen molar-refractivity contribution in [3.8, 4) is 0 Å². The minimum absolute atomic E-state index is 0.00497. The van der Waals surface area contributed by atoms with Gasteiger partial charge in [0.2, 0.25) is 0 Å². The molecule has 72 valence electrons. The largest absolute Gasteiger partial charge is 0.294 e. The zero-order chi connectivity index (χ0) is 10.3. The van der Waals surface area contributed by atoms with Gasteiger partial charge in [-0.25, -0.2) is 0 Å². The summed E-state index contributed by atoms with van der Waals surface area (Å²) < 4.78 is 1.57. The Hall–Kier alpha value is -1.35. The van der Waals surface area contributed by atoms with Crippen LogP contribution in [0, 0.1) is 0 Å². The predicted molar refractivity (Wildman–Crippen MR) is 55.7 cm³/mol. The number of aromatic nitrogens is 2. The normalized spacial score (nSPS) is 10.8. The van der Waals surface area contributed by atoms with Crippen LogP contribution in [0.15, 0.2) is 18.2 Å². The average molecular weight is 209 g/mol. The average Bonchev–Trinajstić information content (AvgIpc) is 2.43. The quantitative estimate of drug-likeness (QED) is 0.675. The molecule has 1 heterocycles. The zero-order valence-electron chi connectivity index (χ0n) is 7.91. The van der Waals surface area contributed by atoms with E-state index >= 15 is 0 Å². The van der Waals surface area contributed by atoms with Crippen LogP contribution in [0.4, 0.5) is 0 Å². The number of hydrogen-bond donors (Lipinski definition) is 0. The molecule has 0 spiro atoms. The minimum atomic E-state index is 0.00497. The van der Waals surface area contributed by atoms with Crippen molar-refractivity contribution in [3.63, 3.8) is 0 Å². The van der Waals surface area contributed by atoms with Gasteiger partial charge in [0.05, 0.1) is 0 Å². The van der Waals surface area contributed by atoms with Crippen molar-refractivity contribution in [3.05, 3.63) is 28.9 Å². The third kappa shape index (κ3) is 1.21. The summed E-state index contributed by atoms with van der Waals surface area (Å²) in [5, 5.41) is 5.58. The van der Waals surface area contributed by atoms with Crippen molar-refractivity contribution in [2.24, 2.45) is 7.05 Å². The molecule has 0 bridgehead atoms. The van der Waals surface area contributed by atoms with Crippen molar-refractivity contribution >= 4 is 28.3 Å². The SMILES string of the molecule is CC(=O)c1cccc2c(Cl)n(C)nc12. The second-order valence-corrected chi connectivity index (χ2v) is 3.53. The first kappa shape index (κ1) is 9.21. The lowest BCUT2D eigenvalue weighted by molar-refractivity contribution is 0.101. The Bertz CT molecular complexity index is 516. The highest BCUT2D eigenvalue weighted by Crippen LogP contribution is 2.25. The van der Waals surface area contributed by atoms with Crippen molar-refractivity contribution in [2.75, 3.05) is 0 Å². The first-order valence-corrected chi connectivity index (χ1v) is 4.61. The van der Waals surface area contributed by atoms with E-state index in [1.807, 2.05) is 12.1 Å². The molecule has 2 rings (SSSR count). The Morgan fingerprint density at radius 2 is 2.21 bits per heavy atom. The number of carbonyl (C=O) groups excluding carboxylic acids is 1. The Labute approximate surface area is 86.3 Å². The molecule has 0 fully saturated rings. The molecule has 0 unspecified atom stereocenters. The number of benzene rings is 1. The number of rotatable bonds is 1. The molecule has 0 N–H and O–H groups in total. The maximum absolute atomic E-state index is 11.3. The summed E-state index contributed by atoms with van der Waals surface area (Å²) in [6.45, 7) is 1.53. The lowest BCUT2D eigenvalue weighted by Gasteiger charge is -1.94. The van der Waals surface area contributed by atoms with Gasteiger partial charge in [-0.3, -0.25) is 9.48 Å². The van der Waals surface area contributed by atoms with Gasteiger partial charge in [0.1, 0.15) is 10.7 Å². The van der Waals surface area contributed by atoms with E-state index < -0.39 is 0 Å². The van der Waals surface area contributed by atoms with Crippen molar-refractivity contribution < 1.29 is 4.79 Å². The minimum Gasteiger partial charge on any atom is -0.294 e. The molecule has 1 aromatic heterocycles. The van der Waals surface area contributed by atoms with E-state index in [1.165, 1.54) is 6.92 Å². The number of aryl methyl sites for hydroxylation is 1. The van der Waals surface area contributed by atoms with E-state index in [9.17, 15) is 4.79 Å². The summed E-state index contributed by atoms with van der Waals surface area (Å²) in [6.07, 6.45) is 0. The molecule has 0 radical (unpaired) electrons. The van der Waals surface area contributed by atoms with E-state index in [-0.39, 0.29) is 5.78 Å². The Morgan fingerprint density at radius 1 is 1.50 bits per heavy atom. The number of fused-ring (bicyclic) bond motifs is 1. The second kappa shape index (κ2) is 3.10. The van der Waals surface area contributed by atoms with Gasteiger partial charge in [-0.15, -0.1) is 0 Å². The summed E-state index contributed by atoms with van der Waals surface area (Å²) in [4.78, 5) is 11.3. The molecular formula is C10H9ClN2O. The van der Waals surface area contributed by atoms with Crippen LogP contribution in [0.5, 0.6) is 0 Å². The zero-order valence-corrected chi connectivity index (χ0v) is 8.67. The fraction of sp³-hybridized carbons (Fsp3) is 0.200. The highest BCUT2D eigenvalue weighted by Gasteiger charge is 2.12. The summed E-state index contributed by atoms with van der Waals surface area (Å²) in [5.74, 6) is 0.00497. The molecule has 2 aromatic rings. The molecule has 1 aromatic carbocycles. The van der Waals surface area contributed by atoms with E-state index in [1.54, 1.807) is 17.8 Å². The fourth-order valence-electron chi connectivity index (χ4n) is 1.47. The second-order valence-electron chi connectivity index (χ2n) is 3.17. The van der Waals surface area contributed by atoms with Crippen LogP contribution in [0.2, 0.25) is 5.15 Å². The van der Waals surface area contributed by atoms with Gasteiger partial charge in [-0.05, 0) is 19.1 Å². The molecule has 0 atom stereocenters. The van der Waals surface area contributed by atoms with E-state index in [2.05, 4.69) is 5.10 Å². The highest BCUT2D eigenvalue weighted by atomic mass is 35.5. The number of ketones is 1. The molecule has 14 heavy (non-hydrogen) atoms. The van der Waals surface area contributed by atoms with E-state index in [4.69, 9.17) is 11.6 Å². The summed E-state index contributed by atoms with van der Waals surface area (Å²) in [6, 6.07) is 5.43. The Morgan fingerprint density at radius 3 is 2.86 bits per heavy atom. The Kier molecular flexibility index (Phi) is 2.04. The standard InChI is InChI=1S/C10H9ClN2O/c1-6(14)7-4-3-5-8-9(7)12-13(2)10(8)11/h3-5H,1-2H3. The molecule has 3 nitrogen and oxygen atoms in total. The topological polar surface area (TPSA) is 34.9 Å². The number of carbonyl (C=O) groups is 1. The first-order chi connectivity index (χ1) is 6.61. The third-order valence-electron chi connectivity index (χ3n) is 2.17. The van der Waals surface area contributed by atoms with Gasteiger partial charge in [-0.2, -0.15) is 5.10 Å². The van der Waals surface area contributed by atoms with Crippen LogP contribution < -0.4 is 0 Å². The highest BCUT2D eigenvalue weighted by molar-refractivity contribution is 6.34. The maximum atomic E-state index is 11.3. The van der Waals surface area contributed by atoms with Crippen LogP contribution in [0.25, 0.3) is 10.9 Å². The maximum Gasteiger partial charge on any atom is 0.162 e. The van der Waals surface area contributed by atoms with Crippen LogP contribution in [0.3, 0.4) is 0 Å². The lowest BCUT2D eigenvalue weighted by Crippen LogP contribution is -1.94. The van der Waals surface area contributed by atoms with Gasteiger partial charge in [0, 0.05) is 18.0 Å². The van der Waals surface area contributed by atoms with Crippen molar-refractivity contribution in [2.45, 2.75) is 6.92 Å². The third-order valence-corrected chi connectivity index (χ3v) is 2.62. The summed E-state index contributed by atoms with van der Waals surface area (Å²) in [5.41, 5.74) is 1.29. The molecule has 0 aliphatic rings. The van der Waals surface area contributed by atoms with Crippen LogP contribution in [0.1, 0.15) is 17.3 Å². The van der Waals surface area contributed by atoms with Crippen molar-refractivity contribution in [1.82, 2.24) is 9.78 Å². The molecule has 0 aliphatic carbocycles. The number of nitrogens with zero attached hydrogens (tertiary/aromatic N) is 2.